The van der Waals surface area contributed by atoms with Crippen molar-refractivity contribution in [2.24, 2.45) is 16.2 Å². The van der Waals surface area contributed by atoms with Crippen molar-refractivity contribution in [3.8, 4) is 0 Å². The number of nitrogens with zero attached hydrogens (tertiary/aromatic N) is 2. The number of rotatable bonds is 5. The molecule has 1 aromatic carbocycles. The van der Waals surface area contributed by atoms with Crippen LogP contribution in [0.3, 0.4) is 0 Å². The summed E-state index contributed by atoms with van der Waals surface area (Å²) in [7, 11) is 1.35. The van der Waals surface area contributed by atoms with Gasteiger partial charge in [-0.1, -0.05) is 16.8 Å². The quantitative estimate of drug-likeness (QED) is 0.487. The summed E-state index contributed by atoms with van der Waals surface area (Å²) in [6.45, 7) is 0. The van der Waals surface area contributed by atoms with Crippen LogP contribution in [-0.2, 0) is 9.63 Å². The first-order chi connectivity index (χ1) is 8.67. The molecular weight excluding hydrogens is 258 g/mol. The Morgan fingerprint density at radius 3 is 2.67 bits per heavy atom. The van der Waals surface area contributed by atoms with Crippen LogP contribution < -0.4 is 5.32 Å². The summed E-state index contributed by atoms with van der Waals surface area (Å²) in [6, 6.07) is 6.60. The van der Waals surface area contributed by atoms with E-state index >= 15 is 0 Å². The van der Waals surface area contributed by atoms with Gasteiger partial charge in [-0.05, 0) is 24.3 Å². The van der Waals surface area contributed by atoms with E-state index in [2.05, 4.69) is 20.5 Å². The average Bonchev–Trinajstić information content (AvgIpc) is 2.37. The second kappa shape index (κ2) is 7.29. The predicted molar refractivity (Wildman–Crippen MR) is 69.4 cm³/mol. The Labute approximate surface area is 109 Å². The minimum absolute atomic E-state index is 0.407. The zero-order valence-electron chi connectivity index (χ0n) is 9.58. The van der Waals surface area contributed by atoms with Gasteiger partial charge in [0.05, 0.1) is 12.4 Å². The molecule has 0 radical (unpaired) electrons. The van der Waals surface area contributed by atoms with Gasteiger partial charge in [-0.3, -0.25) is 4.79 Å². The first kappa shape index (κ1) is 14.0. The fourth-order valence-corrected chi connectivity index (χ4v) is 1.26. The third-order valence-electron chi connectivity index (χ3n) is 1.97. The number of anilines is 1. The number of amides is 1. The molecule has 18 heavy (non-hydrogen) atoms. The standard InChI is InChI=1S/C11H12ClN3O3/c1-18-14-7-8(6-13-17)11(16)15-10-4-2-9(12)3-5-10/h2-8,17H,1H3,(H,15,16). The van der Waals surface area contributed by atoms with E-state index in [1.54, 1.807) is 24.3 Å². The molecule has 0 heterocycles. The topological polar surface area (TPSA) is 83.3 Å². The monoisotopic (exact) mass is 269 g/mol. The van der Waals surface area contributed by atoms with Crippen LogP contribution in [0.25, 0.3) is 0 Å². The Hall–Kier alpha value is -2.08. The van der Waals surface area contributed by atoms with Gasteiger partial charge in [0.15, 0.2) is 0 Å². The Bertz CT molecular complexity index is 445. The lowest BCUT2D eigenvalue weighted by atomic mass is 10.1. The van der Waals surface area contributed by atoms with Gasteiger partial charge in [0.25, 0.3) is 0 Å². The number of hydrogen-bond donors (Lipinski definition) is 2. The first-order valence-electron chi connectivity index (χ1n) is 4.98. The highest BCUT2D eigenvalue weighted by molar-refractivity contribution is 6.30. The van der Waals surface area contributed by atoms with Crippen LogP contribution in [0.5, 0.6) is 0 Å². The Morgan fingerprint density at radius 1 is 1.44 bits per heavy atom. The van der Waals surface area contributed by atoms with Crippen LogP contribution in [0, 0.1) is 5.92 Å². The van der Waals surface area contributed by atoms with Crippen LogP contribution >= 0.6 is 11.6 Å². The SMILES string of the molecule is CON=CC(C=NO)C(=O)Nc1ccc(Cl)cc1. The fourth-order valence-electron chi connectivity index (χ4n) is 1.13. The Balaban J connectivity index is 2.72. The number of carbonyl (C=O) groups is 1. The van der Waals surface area contributed by atoms with E-state index in [4.69, 9.17) is 16.8 Å². The lowest BCUT2D eigenvalue weighted by Gasteiger charge is -2.07. The number of oxime groups is 2. The van der Waals surface area contributed by atoms with E-state index in [1.807, 2.05) is 0 Å². The predicted octanol–water partition coefficient (Wildman–Crippen LogP) is 1.99. The van der Waals surface area contributed by atoms with Gasteiger partial charge in [-0.15, -0.1) is 5.16 Å². The van der Waals surface area contributed by atoms with Crippen molar-refractivity contribution in [1.82, 2.24) is 0 Å². The number of carbonyl (C=O) groups excluding carboxylic acids is 1. The zero-order valence-corrected chi connectivity index (χ0v) is 10.3. The summed E-state index contributed by atoms with van der Waals surface area (Å²) in [5.74, 6) is -1.23. The molecule has 1 aromatic rings. The van der Waals surface area contributed by atoms with Crippen molar-refractivity contribution >= 4 is 35.6 Å². The largest absolute Gasteiger partial charge is 0.411 e. The van der Waals surface area contributed by atoms with E-state index in [1.165, 1.54) is 13.3 Å². The highest BCUT2D eigenvalue weighted by Gasteiger charge is 2.14. The van der Waals surface area contributed by atoms with Crippen LogP contribution in [0.4, 0.5) is 5.69 Å². The van der Waals surface area contributed by atoms with Gasteiger partial charge in [-0.25, -0.2) is 0 Å². The van der Waals surface area contributed by atoms with E-state index in [9.17, 15) is 4.79 Å². The molecule has 1 rings (SSSR count). The van der Waals surface area contributed by atoms with Crippen LogP contribution in [0.2, 0.25) is 5.02 Å². The van der Waals surface area contributed by atoms with Crippen molar-refractivity contribution in [2.45, 2.75) is 0 Å². The van der Waals surface area contributed by atoms with E-state index in [-0.39, 0.29) is 0 Å². The van der Waals surface area contributed by atoms with E-state index in [0.717, 1.165) is 6.21 Å². The lowest BCUT2D eigenvalue weighted by Crippen LogP contribution is -2.25. The third-order valence-corrected chi connectivity index (χ3v) is 2.22. The molecule has 0 saturated heterocycles. The van der Waals surface area contributed by atoms with Crippen molar-refractivity contribution < 1.29 is 14.8 Å². The maximum Gasteiger partial charge on any atom is 0.238 e. The summed E-state index contributed by atoms with van der Waals surface area (Å²) in [6.07, 6.45) is 2.25. The number of nitrogens with one attached hydrogen (secondary N) is 1. The molecule has 6 nitrogen and oxygen atoms in total. The summed E-state index contributed by atoms with van der Waals surface area (Å²) < 4.78 is 0. The molecule has 0 aromatic heterocycles. The molecule has 0 bridgehead atoms. The minimum atomic E-state index is -0.828. The Morgan fingerprint density at radius 2 is 2.11 bits per heavy atom. The first-order valence-corrected chi connectivity index (χ1v) is 5.36. The summed E-state index contributed by atoms with van der Waals surface area (Å²) in [5.41, 5.74) is 0.576. The molecule has 0 aliphatic carbocycles. The highest BCUT2D eigenvalue weighted by Crippen LogP contribution is 2.13. The highest BCUT2D eigenvalue weighted by atomic mass is 35.5. The van der Waals surface area contributed by atoms with Crippen molar-refractivity contribution in [2.75, 3.05) is 12.4 Å². The van der Waals surface area contributed by atoms with Gasteiger partial charge >= 0.3 is 0 Å². The van der Waals surface area contributed by atoms with Crippen molar-refractivity contribution in [3.05, 3.63) is 29.3 Å². The second-order valence-electron chi connectivity index (χ2n) is 3.22. The molecule has 1 atom stereocenters. The molecule has 2 N–H and O–H groups in total. The maximum atomic E-state index is 11.8. The molecular formula is C11H12ClN3O3. The average molecular weight is 270 g/mol. The van der Waals surface area contributed by atoms with Gasteiger partial charge in [0, 0.05) is 10.7 Å². The fraction of sp³-hybridized carbons (Fsp3) is 0.182. The van der Waals surface area contributed by atoms with Crippen molar-refractivity contribution in [3.63, 3.8) is 0 Å². The van der Waals surface area contributed by atoms with Crippen molar-refractivity contribution in [1.29, 1.82) is 0 Å². The van der Waals surface area contributed by atoms with Gasteiger partial charge in [-0.2, -0.15) is 0 Å². The molecule has 1 amide bonds. The molecule has 0 fully saturated rings. The summed E-state index contributed by atoms with van der Waals surface area (Å²) in [4.78, 5) is 16.3. The smallest absolute Gasteiger partial charge is 0.238 e. The molecule has 0 spiro atoms. The summed E-state index contributed by atoms with van der Waals surface area (Å²) >= 11 is 5.72. The lowest BCUT2D eigenvalue weighted by molar-refractivity contribution is -0.116. The Kier molecular flexibility index (Phi) is 5.66. The third kappa shape index (κ3) is 4.42. The zero-order chi connectivity index (χ0) is 13.4. The minimum Gasteiger partial charge on any atom is -0.411 e. The number of hydrogen-bond acceptors (Lipinski definition) is 5. The van der Waals surface area contributed by atoms with Gasteiger partial charge in [0.1, 0.15) is 13.0 Å². The van der Waals surface area contributed by atoms with E-state index < -0.39 is 11.8 Å². The summed E-state index contributed by atoms with van der Waals surface area (Å²) in [5, 5.41) is 17.9. The molecule has 96 valence electrons. The normalized spacial score (nSPS) is 12.8. The molecule has 0 aliphatic rings. The van der Waals surface area contributed by atoms with Gasteiger partial charge < -0.3 is 15.4 Å². The molecule has 0 aliphatic heterocycles. The van der Waals surface area contributed by atoms with Crippen LogP contribution in [0.1, 0.15) is 0 Å². The van der Waals surface area contributed by atoms with Crippen LogP contribution in [0.15, 0.2) is 34.6 Å². The molecule has 0 saturated carbocycles. The van der Waals surface area contributed by atoms with Crippen LogP contribution in [-0.4, -0.2) is 30.7 Å². The second-order valence-corrected chi connectivity index (χ2v) is 3.66. The molecule has 1 unspecified atom stereocenters. The van der Waals surface area contributed by atoms with E-state index in [0.29, 0.717) is 10.7 Å². The number of halogens is 1. The van der Waals surface area contributed by atoms with Gasteiger partial charge in [0.2, 0.25) is 5.91 Å². The number of benzene rings is 1. The molecule has 7 heteroatoms. The maximum absolute atomic E-state index is 11.8.